The zero-order valence-electron chi connectivity index (χ0n) is 10.2. The van der Waals surface area contributed by atoms with Crippen LogP contribution in [-0.2, 0) is 4.79 Å². The summed E-state index contributed by atoms with van der Waals surface area (Å²) in [5.41, 5.74) is 5.47. The summed E-state index contributed by atoms with van der Waals surface area (Å²) in [5.74, 6) is 0.145. The van der Waals surface area contributed by atoms with E-state index in [1.54, 1.807) is 0 Å². The largest absolute Gasteiger partial charge is 0.339 e. The maximum Gasteiger partial charge on any atom is 0.317 e. The molecule has 17 heavy (non-hydrogen) atoms. The molecule has 6 heteroatoms. The fourth-order valence-electron chi connectivity index (χ4n) is 2.49. The second kappa shape index (κ2) is 4.91. The molecule has 2 aliphatic heterocycles. The molecule has 2 heterocycles. The van der Waals surface area contributed by atoms with Crippen molar-refractivity contribution < 1.29 is 9.59 Å². The molecule has 2 unspecified atom stereocenters. The molecule has 0 aromatic rings. The Balaban J connectivity index is 1.92. The van der Waals surface area contributed by atoms with Gasteiger partial charge in [-0.3, -0.25) is 4.79 Å². The maximum absolute atomic E-state index is 12.1. The molecule has 0 saturated carbocycles. The number of urea groups is 1. The third kappa shape index (κ3) is 2.36. The molecule has 0 aromatic heterocycles. The Kier molecular flexibility index (Phi) is 3.51. The number of carbonyl (C=O) groups is 2. The quantitative estimate of drug-likeness (QED) is 0.678. The standard InChI is InChI=1S/C11H20N4O2/c1-8(2-3-12)10(16)14-4-5-15-9(7-14)6-13-11(15)17/h8-9H,2-7,12H2,1H3,(H,13,17). The van der Waals surface area contributed by atoms with Crippen LogP contribution < -0.4 is 11.1 Å². The summed E-state index contributed by atoms with van der Waals surface area (Å²) in [4.78, 5) is 27.2. The van der Waals surface area contributed by atoms with Gasteiger partial charge in [-0.2, -0.15) is 0 Å². The minimum atomic E-state index is -0.0170. The van der Waals surface area contributed by atoms with Gasteiger partial charge in [0.05, 0.1) is 6.04 Å². The van der Waals surface area contributed by atoms with Crippen LogP contribution in [0.25, 0.3) is 0 Å². The molecule has 2 rings (SSSR count). The first kappa shape index (κ1) is 12.2. The fourth-order valence-corrected chi connectivity index (χ4v) is 2.49. The molecule has 0 aromatic carbocycles. The third-order valence-electron chi connectivity index (χ3n) is 3.57. The van der Waals surface area contributed by atoms with E-state index in [4.69, 9.17) is 5.73 Å². The number of fused-ring (bicyclic) bond motifs is 1. The Morgan fingerprint density at radius 2 is 2.35 bits per heavy atom. The summed E-state index contributed by atoms with van der Waals surface area (Å²) < 4.78 is 0. The number of rotatable bonds is 3. The van der Waals surface area contributed by atoms with Crippen molar-refractivity contribution in [2.75, 3.05) is 32.7 Å². The van der Waals surface area contributed by atoms with E-state index >= 15 is 0 Å². The van der Waals surface area contributed by atoms with E-state index in [1.807, 2.05) is 16.7 Å². The van der Waals surface area contributed by atoms with Gasteiger partial charge in [-0.05, 0) is 13.0 Å². The summed E-state index contributed by atoms with van der Waals surface area (Å²) in [6.07, 6.45) is 0.723. The average Bonchev–Trinajstić information content (AvgIpc) is 2.70. The van der Waals surface area contributed by atoms with Crippen LogP contribution in [0.1, 0.15) is 13.3 Å². The number of nitrogens with one attached hydrogen (secondary N) is 1. The molecule has 2 aliphatic rings. The smallest absolute Gasteiger partial charge is 0.317 e. The molecular formula is C11H20N4O2. The second-order valence-electron chi connectivity index (χ2n) is 4.80. The zero-order valence-corrected chi connectivity index (χ0v) is 10.2. The van der Waals surface area contributed by atoms with Crippen LogP contribution in [0.5, 0.6) is 0 Å². The van der Waals surface area contributed by atoms with Crippen LogP contribution in [0, 0.1) is 5.92 Å². The second-order valence-corrected chi connectivity index (χ2v) is 4.80. The molecule has 6 nitrogen and oxygen atoms in total. The van der Waals surface area contributed by atoms with Crippen molar-refractivity contribution >= 4 is 11.9 Å². The fraction of sp³-hybridized carbons (Fsp3) is 0.818. The number of hydrogen-bond donors (Lipinski definition) is 2. The zero-order chi connectivity index (χ0) is 12.4. The predicted molar refractivity (Wildman–Crippen MR) is 63.3 cm³/mol. The van der Waals surface area contributed by atoms with Crippen molar-refractivity contribution in [3.8, 4) is 0 Å². The van der Waals surface area contributed by atoms with Crippen LogP contribution in [-0.4, -0.2) is 60.5 Å². The topological polar surface area (TPSA) is 78.7 Å². The monoisotopic (exact) mass is 240 g/mol. The lowest BCUT2D eigenvalue weighted by atomic mass is 10.0. The van der Waals surface area contributed by atoms with Gasteiger partial charge in [-0.1, -0.05) is 6.92 Å². The summed E-state index contributed by atoms with van der Waals surface area (Å²) in [6.45, 7) is 5.02. The van der Waals surface area contributed by atoms with Crippen LogP contribution >= 0.6 is 0 Å². The van der Waals surface area contributed by atoms with Gasteiger partial charge in [0, 0.05) is 32.1 Å². The summed E-state index contributed by atoms with van der Waals surface area (Å²) in [5, 5.41) is 2.80. The number of carbonyl (C=O) groups excluding carboxylic acids is 2. The Bertz CT molecular complexity index is 321. The van der Waals surface area contributed by atoms with Gasteiger partial charge in [-0.15, -0.1) is 0 Å². The highest BCUT2D eigenvalue weighted by molar-refractivity contribution is 5.80. The van der Waals surface area contributed by atoms with Crippen LogP contribution in [0.3, 0.4) is 0 Å². The van der Waals surface area contributed by atoms with E-state index < -0.39 is 0 Å². The number of amides is 3. The van der Waals surface area contributed by atoms with Crippen molar-refractivity contribution in [3.63, 3.8) is 0 Å². The van der Waals surface area contributed by atoms with Crippen LogP contribution in [0.15, 0.2) is 0 Å². The number of nitrogens with zero attached hydrogens (tertiary/aromatic N) is 2. The average molecular weight is 240 g/mol. The predicted octanol–water partition coefficient (Wildman–Crippen LogP) is -0.793. The number of nitrogens with two attached hydrogens (primary N) is 1. The molecule has 0 aliphatic carbocycles. The molecule has 3 amide bonds. The lowest BCUT2D eigenvalue weighted by Gasteiger charge is -2.37. The lowest BCUT2D eigenvalue weighted by Crippen LogP contribution is -2.54. The molecule has 96 valence electrons. The van der Waals surface area contributed by atoms with Crippen molar-refractivity contribution in [2.45, 2.75) is 19.4 Å². The first-order valence-corrected chi connectivity index (χ1v) is 6.16. The van der Waals surface area contributed by atoms with Crippen molar-refractivity contribution in [2.24, 2.45) is 11.7 Å². The molecule has 2 atom stereocenters. The van der Waals surface area contributed by atoms with Gasteiger partial charge in [0.2, 0.25) is 5.91 Å². The highest BCUT2D eigenvalue weighted by atomic mass is 16.2. The first-order valence-electron chi connectivity index (χ1n) is 6.16. The Morgan fingerprint density at radius 1 is 1.59 bits per heavy atom. The summed E-state index contributed by atoms with van der Waals surface area (Å²) in [7, 11) is 0. The van der Waals surface area contributed by atoms with Gasteiger partial charge in [0.15, 0.2) is 0 Å². The minimum Gasteiger partial charge on any atom is -0.339 e. The van der Waals surface area contributed by atoms with E-state index in [1.165, 1.54) is 0 Å². The van der Waals surface area contributed by atoms with Gasteiger partial charge >= 0.3 is 6.03 Å². The molecule has 0 radical (unpaired) electrons. The third-order valence-corrected chi connectivity index (χ3v) is 3.57. The Labute approximate surface area is 101 Å². The van der Waals surface area contributed by atoms with Gasteiger partial charge in [-0.25, -0.2) is 4.79 Å². The Hall–Kier alpha value is -1.30. The SMILES string of the molecule is CC(CCN)C(=O)N1CCN2C(=O)NCC2C1. The van der Waals surface area contributed by atoms with Gasteiger partial charge in [0.25, 0.3) is 0 Å². The number of hydrogen-bond acceptors (Lipinski definition) is 3. The highest BCUT2D eigenvalue weighted by Crippen LogP contribution is 2.16. The normalized spacial score (nSPS) is 25.5. The van der Waals surface area contributed by atoms with E-state index in [0.29, 0.717) is 32.7 Å². The van der Waals surface area contributed by atoms with Crippen LogP contribution in [0.4, 0.5) is 4.79 Å². The Morgan fingerprint density at radius 3 is 3.06 bits per heavy atom. The van der Waals surface area contributed by atoms with E-state index in [9.17, 15) is 9.59 Å². The summed E-state index contributed by atoms with van der Waals surface area (Å²) >= 11 is 0. The molecule has 3 N–H and O–H groups in total. The van der Waals surface area contributed by atoms with E-state index in [-0.39, 0.29) is 23.9 Å². The molecule has 0 bridgehead atoms. The maximum atomic E-state index is 12.1. The van der Waals surface area contributed by atoms with E-state index in [2.05, 4.69) is 5.32 Å². The van der Waals surface area contributed by atoms with E-state index in [0.717, 1.165) is 6.42 Å². The van der Waals surface area contributed by atoms with Crippen molar-refractivity contribution in [1.29, 1.82) is 0 Å². The number of piperazine rings is 1. The van der Waals surface area contributed by atoms with Crippen molar-refractivity contribution in [3.05, 3.63) is 0 Å². The lowest BCUT2D eigenvalue weighted by molar-refractivity contribution is -0.137. The van der Waals surface area contributed by atoms with Gasteiger partial charge in [0.1, 0.15) is 0 Å². The van der Waals surface area contributed by atoms with Crippen molar-refractivity contribution in [1.82, 2.24) is 15.1 Å². The molecule has 2 saturated heterocycles. The molecule has 2 fully saturated rings. The molecule has 0 spiro atoms. The molecular weight excluding hydrogens is 220 g/mol. The summed E-state index contributed by atoms with van der Waals surface area (Å²) in [6, 6.07) is 0.141. The van der Waals surface area contributed by atoms with Crippen LogP contribution in [0.2, 0.25) is 0 Å². The highest BCUT2D eigenvalue weighted by Gasteiger charge is 2.37. The van der Waals surface area contributed by atoms with Gasteiger partial charge < -0.3 is 20.9 Å². The minimum absolute atomic E-state index is 0.00268. The first-order chi connectivity index (χ1) is 8.13.